The lowest BCUT2D eigenvalue weighted by Crippen LogP contribution is -2.69. The van der Waals surface area contributed by atoms with Crippen molar-refractivity contribution in [1.82, 2.24) is 5.01 Å². The molecule has 7 heteroatoms. The highest BCUT2D eigenvalue weighted by Crippen LogP contribution is 2.28. The zero-order valence-corrected chi connectivity index (χ0v) is 13.6. The molecule has 1 aliphatic heterocycles. The van der Waals surface area contributed by atoms with Crippen molar-refractivity contribution in [3.05, 3.63) is 47.0 Å². The Balaban J connectivity index is 2.61. The number of amides is 4. The molecule has 0 aromatic heterocycles. The molecule has 1 aromatic carbocycles. The Hall–Kier alpha value is -3.11. The monoisotopic (exact) mass is 326 g/mol. The Morgan fingerprint density at radius 2 is 1.79 bits per heavy atom. The van der Waals surface area contributed by atoms with Crippen molar-refractivity contribution in [3.8, 4) is 6.07 Å². The molecule has 1 atom stereocenters. The van der Waals surface area contributed by atoms with Gasteiger partial charge in [0.05, 0.1) is 6.42 Å². The van der Waals surface area contributed by atoms with Gasteiger partial charge in [0.2, 0.25) is 0 Å². The van der Waals surface area contributed by atoms with Crippen LogP contribution in [0, 0.1) is 11.3 Å². The third-order valence-electron chi connectivity index (χ3n) is 3.96. The summed E-state index contributed by atoms with van der Waals surface area (Å²) in [6.45, 7) is 2.61. The molecule has 1 aromatic rings. The zero-order valence-electron chi connectivity index (χ0n) is 13.6. The fourth-order valence-corrected chi connectivity index (χ4v) is 2.64. The summed E-state index contributed by atoms with van der Waals surface area (Å²) in [5, 5.41) is 9.79. The van der Waals surface area contributed by atoms with E-state index in [2.05, 4.69) is 0 Å². The molecule has 0 aliphatic carbocycles. The first-order valence-electron chi connectivity index (χ1n) is 7.20. The second kappa shape index (κ2) is 6.18. The summed E-state index contributed by atoms with van der Waals surface area (Å²) >= 11 is 0. The van der Waals surface area contributed by atoms with E-state index in [0.29, 0.717) is 10.6 Å². The molecule has 0 spiro atoms. The Morgan fingerprint density at radius 1 is 1.21 bits per heavy atom. The summed E-state index contributed by atoms with van der Waals surface area (Å²) in [6, 6.07) is 9.64. The molecule has 122 valence electrons. The number of carbonyl (C=O) groups excluding carboxylic acids is 4. The summed E-state index contributed by atoms with van der Waals surface area (Å²) in [4.78, 5) is 50.1. The normalized spacial score (nSPS) is 20.6. The number of quaternary nitrogens is 1. The van der Waals surface area contributed by atoms with E-state index in [4.69, 9.17) is 0 Å². The van der Waals surface area contributed by atoms with Crippen LogP contribution in [0.2, 0.25) is 0 Å². The second-order valence-electron chi connectivity index (χ2n) is 5.60. The molecule has 0 saturated carbocycles. The van der Waals surface area contributed by atoms with Crippen LogP contribution in [0.25, 0.3) is 0 Å². The van der Waals surface area contributed by atoms with Gasteiger partial charge >= 0.3 is 17.7 Å². The lowest BCUT2D eigenvalue weighted by molar-refractivity contribution is -0.853. The highest BCUT2D eigenvalue weighted by Gasteiger charge is 2.55. The van der Waals surface area contributed by atoms with Gasteiger partial charge in [-0.1, -0.05) is 22.8 Å². The first-order valence-corrected chi connectivity index (χ1v) is 7.20. The molecule has 7 nitrogen and oxygen atoms in total. The van der Waals surface area contributed by atoms with E-state index >= 15 is 0 Å². The van der Waals surface area contributed by atoms with Crippen molar-refractivity contribution < 1.29 is 23.8 Å². The number of nitriles is 1. The maximum absolute atomic E-state index is 12.7. The first-order chi connectivity index (χ1) is 11.2. The molecule has 0 N–H and O–H groups in total. The Labute approximate surface area is 138 Å². The highest BCUT2D eigenvalue weighted by atomic mass is 16.2. The Kier molecular flexibility index (Phi) is 4.44. The molecule has 0 saturated heterocycles. The standard InChI is InChI=1S/C17H16N3O4/c1-11-9-15(22)20(3,17(24)14(11)10-18)19(12(2)21)16(23)13-7-5-4-6-8-13/h4-8H,9H2,1-3H3/q+1. The fraction of sp³-hybridized carbons (Fsp3) is 0.235. The Bertz CT molecular complexity index is 820. The van der Waals surface area contributed by atoms with Crippen LogP contribution in [-0.4, -0.2) is 40.3 Å². The van der Waals surface area contributed by atoms with E-state index in [-0.39, 0.29) is 17.6 Å². The summed E-state index contributed by atoms with van der Waals surface area (Å²) in [5.74, 6) is -3.06. The molecule has 0 bridgehead atoms. The van der Waals surface area contributed by atoms with Gasteiger partial charge in [-0.15, -0.1) is 5.01 Å². The minimum absolute atomic E-state index is 0.164. The molecular weight excluding hydrogens is 310 g/mol. The quantitative estimate of drug-likeness (QED) is 0.603. The summed E-state index contributed by atoms with van der Waals surface area (Å²) in [7, 11) is 1.16. The van der Waals surface area contributed by atoms with Gasteiger partial charge in [-0.25, -0.2) is 9.59 Å². The molecule has 0 radical (unpaired) electrons. The van der Waals surface area contributed by atoms with Crippen molar-refractivity contribution in [2.75, 3.05) is 7.05 Å². The van der Waals surface area contributed by atoms with Crippen LogP contribution in [0.1, 0.15) is 30.6 Å². The van der Waals surface area contributed by atoms with E-state index in [9.17, 15) is 24.4 Å². The molecular formula is C17H16N3O4+. The van der Waals surface area contributed by atoms with Crippen molar-refractivity contribution in [2.24, 2.45) is 0 Å². The van der Waals surface area contributed by atoms with Gasteiger partial charge in [0.1, 0.15) is 13.1 Å². The number of nitrogens with zero attached hydrogens (tertiary/aromatic N) is 3. The lowest BCUT2D eigenvalue weighted by Gasteiger charge is -2.37. The minimum atomic E-state index is -1.19. The number of benzene rings is 1. The van der Waals surface area contributed by atoms with Crippen LogP contribution >= 0.6 is 0 Å². The van der Waals surface area contributed by atoms with Gasteiger partial charge in [-0.3, -0.25) is 9.59 Å². The van der Waals surface area contributed by atoms with Crippen LogP contribution in [0.5, 0.6) is 0 Å². The van der Waals surface area contributed by atoms with E-state index in [1.54, 1.807) is 24.3 Å². The first kappa shape index (κ1) is 17.2. The SMILES string of the molecule is CC(=O)N(C(=O)c1ccccc1)[N+]1(C)C(=O)CC(C)=C(C#N)C1=O. The van der Waals surface area contributed by atoms with Crippen molar-refractivity contribution in [2.45, 2.75) is 20.3 Å². The Morgan fingerprint density at radius 3 is 2.29 bits per heavy atom. The third kappa shape index (κ3) is 2.53. The summed E-state index contributed by atoms with van der Waals surface area (Å²) < 4.78 is -1.19. The average molecular weight is 326 g/mol. The molecule has 1 heterocycles. The minimum Gasteiger partial charge on any atom is -0.269 e. The molecule has 24 heavy (non-hydrogen) atoms. The van der Waals surface area contributed by atoms with Crippen LogP contribution in [0.4, 0.5) is 0 Å². The maximum atomic E-state index is 12.7. The molecule has 1 aliphatic rings. The average Bonchev–Trinajstić information content (AvgIpc) is 2.54. The van der Waals surface area contributed by atoms with Crippen LogP contribution in [0.15, 0.2) is 41.5 Å². The topological polar surface area (TPSA) is 95.3 Å². The van der Waals surface area contributed by atoms with Gasteiger partial charge in [0.25, 0.3) is 5.91 Å². The van der Waals surface area contributed by atoms with E-state index < -0.39 is 28.2 Å². The van der Waals surface area contributed by atoms with E-state index in [1.165, 1.54) is 19.1 Å². The number of imide groups is 2. The van der Waals surface area contributed by atoms with Crippen molar-refractivity contribution in [1.29, 1.82) is 5.26 Å². The van der Waals surface area contributed by atoms with Crippen molar-refractivity contribution in [3.63, 3.8) is 0 Å². The molecule has 4 amide bonds. The number of carbonyl (C=O) groups is 4. The van der Waals surface area contributed by atoms with E-state index in [1.807, 2.05) is 0 Å². The lowest BCUT2D eigenvalue weighted by atomic mass is 10.0. The van der Waals surface area contributed by atoms with Gasteiger partial charge in [-0.05, 0) is 24.6 Å². The maximum Gasteiger partial charge on any atom is 0.388 e. The zero-order chi connectivity index (χ0) is 18.1. The number of hydrogen-bond donors (Lipinski definition) is 0. The van der Waals surface area contributed by atoms with Gasteiger partial charge < -0.3 is 0 Å². The molecule has 1 unspecified atom stereocenters. The van der Waals surface area contributed by atoms with Gasteiger partial charge in [-0.2, -0.15) is 5.26 Å². The van der Waals surface area contributed by atoms with Crippen LogP contribution in [0.3, 0.4) is 0 Å². The summed E-state index contributed by atoms with van der Waals surface area (Å²) in [5.41, 5.74) is 0.292. The predicted molar refractivity (Wildman–Crippen MR) is 82.4 cm³/mol. The predicted octanol–water partition coefficient (Wildman–Crippen LogP) is 1.33. The number of likely N-dealkylation sites (N-methyl/N-ethyl adjacent to an activating group) is 1. The smallest absolute Gasteiger partial charge is 0.269 e. The molecule has 2 rings (SSSR count). The highest BCUT2D eigenvalue weighted by molar-refractivity contribution is 6.08. The van der Waals surface area contributed by atoms with Crippen molar-refractivity contribution >= 4 is 23.6 Å². The largest absolute Gasteiger partial charge is 0.388 e. The van der Waals surface area contributed by atoms with Crippen LogP contribution in [-0.2, 0) is 14.4 Å². The summed E-state index contributed by atoms with van der Waals surface area (Å²) in [6.07, 6.45) is -0.184. The number of rotatable bonds is 2. The molecule has 0 fully saturated rings. The van der Waals surface area contributed by atoms with Gasteiger partial charge in [0, 0.05) is 12.5 Å². The fourth-order valence-electron chi connectivity index (χ4n) is 2.64. The second-order valence-corrected chi connectivity index (χ2v) is 5.60. The third-order valence-corrected chi connectivity index (χ3v) is 3.96. The van der Waals surface area contributed by atoms with Gasteiger partial charge in [0.15, 0.2) is 5.57 Å². The number of hydrogen-bond acceptors (Lipinski definition) is 5. The van der Waals surface area contributed by atoms with E-state index in [0.717, 1.165) is 14.0 Å². The van der Waals surface area contributed by atoms with Crippen LogP contribution < -0.4 is 0 Å².